The lowest BCUT2D eigenvalue weighted by atomic mass is 10.3. The second-order valence-electron chi connectivity index (χ2n) is 3.18. The van der Waals surface area contributed by atoms with Crippen molar-refractivity contribution in [2.24, 2.45) is 0 Å². The fraction of sp³-hybridized carbons (Fsp3) is 0.545. The highest BCUT2D eigenvalue weighted by molar-refractivity contribution is 9.10. The molecule has 1 aromatic heterocycles. The van der Waals surface area contributed by atoms with Crippen LogP contribution in [0.3, 0.4) is 0 Å². The van der Waals surface area contributed by atoms with Crippen LogP contribution in [-0.2, 0) is 19.5 Å². The first kappa shape index (κ1) is 12.3. The van der Waals surface area contributed by atoms with Crippen molar-refractivity contribution >= 4 is 15.9 Å². The molecular formula is C11H16BrN3. The van der Waals surface area contributed by atoms with Gasteiger partial charge in [0.2, 0.25) is 0 Å². The molecule has 3 nitrogen and oxygen atoms in total. The Kier molecular flexibility index (Phi) is 4.86. The van der Waals surface area contributed by atoms with Gasteiger partial charge < -0.3 is 5.32 Å². The molecule has 0 amide bonds. The highest BCUT2D eigenvalue weighted by Gasteiger charge is 2.12. The monoisotopic (exact) mass is 269 g/mol. The Hall–Kier alpha value is -0.790. The smallest absolute Gasteiger partial charge is 0.0767 e. The quantitative estimate of drug-likeness (QED) is 0.654. The predicted molar refractivity (Wildman–Crippen MR) is 65.5 cm³/mol. The normalized spacial score (nSPS) is 10.3. The number of aromatic nitrogens is 2. The van der Waals surface area contributed by atoms with Crippen LogP contribution in [0.25, 0.3) is 0 Å². The number of nitrogens with one attached hydrogen (secondary N) is 1. The number of nitrogens with zero attached hydrogens (tertiary/aromatic N) is 2. The van der Waals surface area contributed by atoms with Crippen LogP contribution in [0.1, 0.15) is 25.2 Å². The summed E-state index contributed by atoms with van der Waals surface area (Å²) in [5.74, 6) is 2.56. The van der Waals surface area contributed by atoms with E-state index in [1.54, 1.807) is 0 Å². The van der Waals surface area contributed by atoms with E-state index in [9.17, 15) is 0 Å². The largest absolute Gasteiger partial charge is 0.301 e. The molecule has 82 valence electrons. The maximum absolute atomic E-state index is 5.19. The Balaban J connectivity index is 2.84. The second-order valence-corrected chi connectivity index (χ2v) is 3.98. The zero-order valence-corrected chi connectivity index (χ0v) is 10.8. The molecule has 1 aromatic rings. The van der Waals surface area contributed by atoms with Gasteiger partial charge in [-0.3, -0.25) is 4.68 Å². The average Bonchev–Trinajstić information content (AvgIpc) is 2.56. The number of terminal acetylenes is 1. The molecule has 0 aromatic carbocycles. The van der Waals surface area contributed by atoms with E-state index < -0.39 is 0 Å². The molecule has 0 saturated heterocycles. The molecule has 0 aliphatic heterocycles. The van der Waals surface area contributed by atoms with E-state index in [0.29, 0.717) is 6.54 Å². The molecule has 0 aliphatic carbocycles. The third kappa shape index (κ3) is 2.83. The van der Waals surface area contributed by atoms with Gasteiger partial charge in [0.15, 0.2) is 0 Å². The zero-order chi connectivity index (χ0) is 11.3. The summed E-state index contributed by atoms with van der Waals surface area (Å²) in [5.41, 5.74) is 2.28. The third-order valence-electron chi connectivity index (χ3n) is 2.21. The molecule has 0 atom stereocenters. The molecule has 0 spiro atoms. The third-order valence-corrected chi connectivity index (χ3v) is 3.13. The van der Waals surface area contributed by atoms with E-state index in [4.69, 9.17) is 6.42 Å². The molecule has 0 bridgehead atoms. The van der Waals surface area contributed by atoms with E-state index in [0.717, 1.165) is 29.7 Å². The minimum Gasteiger partial charge on any atom is -0.301 e. The number of halogens is 1. The summed E-state index contributed by atoms with van der Waals surface area (Å²) < 4.78 is 3.11. The van der Waals surface area contributed by atoms with Gasteiger partial charge >= 0.3 is 0 Å². The highest BCUT2D eigenvalue weighted by Crippen LogP contribution is 2.21. The van der Waals surface area contributed by atoms with Crippen LogP contribution in [-0.4, -0.2) is 16.3 Å². The molecule has 0 radical (unpaired) electrons. The van der Waals surface area contributed by atoms with Crippen LogP contribution in [0, 0.1) is 12.3 Å². The fourth-order valence-corrected chi connectivity index (χ4v) is 2.14. The first-order valence-electron chi connectivity index (χ1n) is 5.12. The summed E-state index contributed by atoms with van der Waals surface area (Å²) in [6, 6.07) is 0. The Morgan fingerprint density at radius 1 is 1.53 bits per heavy atom. The van der Waals surface area contributed by atoms with E-state index in [1.807, 2.05) is 4.68 Å². The summed E-state index contributed by atoms with van der Waals surface area (Å²) in [5, 5.41) is 7.68. The van der Waals surface area contributed by atoms with Crippen molar-refractivity contribution in [1.82, 2.24) is 15.1 Å². The second kappa shape index (κ2) is 5.94. The lowest BCUT2D eigenvalue weighted by molar-refractivity contribution is 0.591. The van der Waals surface area contributed by atoms with Crippen molar-refractivity contribution in [1.29, 1.82) is 0 Å². The van der Waals surface area contributed by atoms with E-state index in [1.165, 1.54) is 5.69 Å². The Morgan fingerprint density at radius 3 is 2.80 bits per heavy atom. The van der Waals surface area contributed by atoms with Crippen LogP contribution in [0.4, 0.5) is 0 Å². The maximum atomic E-state index is 5.19. The number of hydrogen-bond donors (Lipinski definition) is 1. The summed E-state index contributed by atoms with van der Waals surface area (Å²) in [6.45, 7) is 6.41. The van der Waals surface area contributed by atoms with Crippen LogP contribution in [0.5, 0.6) is 0 Å². The summed E-state index contributed by atoms with van der Waals surface area (Å²) >= 11 is 3.58. The van der Waals surface area contributed by atoms with Crippen LogP contribution < -0.4 is 5.32 Å². The number of rotatable bonds is 5. The van der Waals surface area contributed by atoms with Gasteiger partial charge in [-0.05, 0) is 29.3 Å². The van der Waals surface area contributed by atoms with Gasteiger partial charge in [-0.2, -0.15) is 5.10 Å². The van der Waals surface area contributed by atoms with Crippen molar-refractivity contribution in [2.75, 3.05) is 6.54 Å². The van der Waals surface area contributed by atoms with Crippen LogP contribution >= 0.6 is 15.9 Å². The van der Waals surface area contributed by atoms with Gasteiger partial charge in [0.25, 0.3) is 0 Å². The number of hydrogen-bond acceptors (Lipinski definition) is 2. The lowest BCUT2D eigenvalue weighted by Gasteiger charge is -2.04. The van der Waals surface area contributed by atoms with E-state index in [2.05, 4.69) is 46.1 Å². The van der Waals surface area contributed by atoms with Crippen molar-refractivity contribution in [3.8, 4) is 12.3 Å². The summed E-state index contributed by atoms with van der Waals surface area (Å²) in [4.78, 5) is 0. The molecule has 0 aliphatic rings. The van der Waals surface area contributed by atoms with E-state index >= 15 is 0 Å². The molecular weight excluding hydrogens is 254 g/mol. The standard InChI is InChI=1S/C11H16BrN3/c1-4-7-13-8-10-11(12)9(5-2)14-15(10)6-3/h1,13H,5-8H2,2-3H3. The molecule has 0 saturated carbocycles. The van der Waals surface area contributed by atoms with Crippen LogP contribution in [0.15, 0.2) is 4.47 Å². The zero-order valence-electron chi connectivity index (χ0n) is 9.18. The van der Waals surface area contributed by atoms with Gasteiger partial charge in [0, 0.05) is 13.1 Å². The Bertz CT molecular complexity index is 363. The fourth-order valence-electron chi connectivity index (χ4n) is 1.44. The van der Waals surface area contributed by atoms with Crippen molar-refractivity contribution in [3.63, 3.8) is 0 Å². The first-order chi connectivity index (χ1) is 7.24. The Morgan fingerprint density at radius 2 is 2.27 bits per heavy atom. The molecule has 1 rings (SSSR count). The van der Waals surface area contributed by atoms with Crippen molar-refractivity contribution < 1.29 is 0 Å². The minimum atomic E-state index is 0.586. The summed E-state index contributed by atoms with van der Waals surface area (Å²) in [6.07, 6.45) is 6.13. The van der Waals surface area contributed by atoms with E-state index in [-0.39, 0.29) is 0 Å². The number of aryl methyl sites for hydroxylation is 2. The maximum Gasteiger partial charge on any atom is 0.0767 e. The van der Waals surface area contributed by atoms with Gasteiger partial charge in [-0.1, -0.05) is 12.8 Å². The molecule has 4 heteroatoms. The van der Waals surface area contributed by atoms with Gasteiger partial charge in [0.1, 0.15) is 0 Å². The van der Waals surface area contributed by atoms with Crippen molar-refractivity contribution in [2.45, 2.75) is 33.4 Å². The van der Waals surface area contributed by atoms with Crippen molar-refractivity contribution in [3.05, 3.63) is 15.9 Å². The SMILES string of the molecule is C#CCNCc1c(Br)c(CC)nn1CC. The minimum absolute atomic E-state index is 0.586. The Labute approximate surface area is 99.4 Å². The van der Waals surface area contributed by atoms with Gasteiger partial charge in [0.05, 0.1) is 22.4 Å². The van der Waals surface area contributed by atoms with Gasteiger partial charge in [-0.25, -0.2) is 0 Å². The molecule has 1 heterocycles. The lowest BCUT2D eigenvalue weighted by Crippen LogP contribution is -2.16. The average molecular weight is 270 g/mol. The predicted octanol–water partition coefficient (Wildman–Crippen LogP) is 1.95. The highest BCUT2D eigenvalue weighted by atomic mass is 79.9. The molecule has 15 heavy (non-hydrogen) atoms. The molecule has 0 fully saturated rings. The van der Waals surface area contributed by atoms with Gasteiger partial charge in [-0.15, -0.1) is 6.42 Å². The first-order valence-corrected chi connectivity index (χ1v) is 5.92. The summed E-state index contributed by atoms with van der Waals surface area (Å²) in [7, 11) is 0. The molecule has 1 N–H and O–H groups in total. The topological polar surface area (TPSA) is 29.9 Å². The molecule has 0 unspecified atom stereocenters. The van der Waals surface area contributed by atoms with Crippen LogP contribution in [0.2, 0.25) is 0 Å².